The Kier molecular flexibility index (Phi) is 3.83. The summed E-state index contributed by atoms with van der Waals surface area (Å²) in [6.07, 6.45) is 4.41. The van der Waals surface area contributed by atoms with E-state index in [0.29, 0.717) is 12.0 Å². The Balaban J connectivity index is 1.57. The Bertz CT molecular complexity index is 931. The number of H-pyrrole nitrogens is 1. The molecule has 2 aromatic heterocycles. The quantitative estimate of drug-likeness (QED) is 0.762. The Morgan fingerprint density at radius 1 is 1.19 bits per heavy atom. The molecule has 2 aliphatic rings. The van der Waals surface area contributed by atoms with Crippen LogP contribution in [0.4, 0.5) is 0 Å². The van der Waals surface area contributed by atoms with E-state index in [1.807, 2.05) is 6.20 Å². The molecule has 26 heavy (non-hydrogen) atoms. The summed E-state index contributed by atoms with van der Waals surface area (Å²) >= 11 is 0. The Hall–Kier alpha value is -2.18. The van der Waals surface area contributed by atoms with Gasteiger partial charge in [0.05, 0.1) is 23.1 Å². The summed E-state index contributed by atoms with van der Waals surface area (Å²) in [6.45, 7) is 6.58. The van der Waals surface area contributed by atoms with Crippen LogP contribution in [0.5, 0.6) is 0 Å². The van der Waals surface area contributed by atoms with Gasteiger partial charge >= 0.3 is 0 Å². The molecule has 1 fully saturated rings. The molecule has 2 N–H and O–H groups in total. The summed E-state index contributed by atoms with van der Waals surface area (Å²) in [4.78, 5) is 7.48. The third-order valence-electron chi connectivity index (χ3n) is 6.23. The summed E-state index contributed by atoms with van der Waals surface area (Å²) in [5.74, 6) is 1.83. The number of aromatic amines is 1. The number of aromatic nitrogens is 4. The Labute approximate surface area is 153 Å². The number of imidazole rings is 1. The van der Waals surface area contributed by atoms with Crippen molar-refractivity contribution < 1.29 is 0 Å². The van der Waals surface area contributed by atoms with Crippen molar-refractivity contribution in [1.82, 2.24) is 30.0 Å². The van der Waals surface area contributed by atoms with Gasteiger partial charge in [-0.3, -0.25) is 5.10 Å². The molecule has 0 bridgehead atoms. The van der Waals surface area contributed by atoms with Crippen molar-refractivity contribution in [2.45, 2.75) is 38.9 Å². The van der Waals surface area contributed by atoms with Gasteiger partial charge in [-0.25, -0.2) is 4.98 Å². The van der Waals surface area contributed by atoms with Crippen LogP contribution in [-0.2, 0) is 13.1 Å². The van der Waals surface area contributed by atoms with Crippen LogP contribution in [-0.4, -0.2) is 44.8 Å². The van der Waals surface area contributed by atoms with Crippen LogP contribution in [0.2, 0.25) is 0 Å². The van der Waals surface area contributed by atoms with Crippen LogP contribution in [0.25, 0.3) is 22.3 Å². The highest BCUT2D eigenvalue weighted by Gasteiger charge is 2.30. The zero-order valence-corrected chi connectivity index (χ0v) is 15.5. The predicted octanol–water partition coefficient (Wildman–Crippen LogP) is 2.93. The van der Waals surface area contributed by atoms with Crippen LogP contribution >= 0.6 is 0 Å². The predicted molar refractivity (Wildman–Crippen MR) is 103 cm³/mol. The van der Waals surface area contributed by atoms with Crippen LogP contribution in [0.3, 0.4) is 0 Å². The van der Waals surface area contributed by atoms with Crippen molar-refractivity contribution in [3.8, 4) is 11.4 Å². The molecule has 0 amide bonds. The van der Waals surface area contributed by atoms with Crippen molar-refractivity contribution in [1.29, 1.82) is 0 Å². The van der Waals surface area contributed by atoms with E-state index in [4.69, 9.17) is 4.98 Å². The molecular formula is C20H26N6. The van der Waals surface area contributed by atoms with Crippen molar-refractivity contribution in [3.05, 3.63) is 35.8 Å². The molecule has 0 aliphatic carbocycles. The number of likely N-dealkylation sites (tertiary alicyclic amines) is 1. The van der Waals surface area contributed by atoms with E-state index in [1.165, 1.54) is 42.9 Å². The molecule has 2 aliphatic heterocycles. The molecule has 1 aromatic carbocycles. The largest absolute Gasteiger partial charge is 0.323 e. The monoisotopic (exact) mass is 350 g/mol. The van der Waals surface area contributed by atoms with Gasteiger partial charge in [0.1, 0.15) is 5.82 Å². The number of nitrogens with zero attached hydrogens (tertiary/aromatic N) is 4. The van der Waals surface area contributed by atoms with E-state index in [-0.39, 0.29) is 0 Å². The molecule has 136 valence electrons. The number of rotatable bonds is 3. The number of nitrogens with one attached hydrogen (secondary N) is 2. The maximum Gasteiger partial charge on any atom is 0.140 e. The second-order valence-electron chi connectivity index (χ2n) is 7.86. The van der Waals surface area contributed by atoms with Gasteiger partial charge in [-0.2, -0.15) is 5.10 Å². The highest BCUT2D eigenvalue weighted by molar-refractivity contribution is 5.83. The number of hydrogen-bond donors (Lipinski definition) is 2. The van der Waals surface area contributed by atoms with Gasteiger partial charge < -0.3 is 14.8 Å². The first kappa shape index (κ1) is 16.0. The first-order chi connectivity index (χ1) is 12.7. The standard InChI is InChI=1S/C20H26N6/c1-13(14-5-7-25(2)8-6-14)26-19-12-21-11-18(19)23-20(26)15-3-4-17-16(9-15)10-22-24-17/h3-4,9-10,13-14,21H,5-8,11-12H2,1-2H3,(H,22,24). The van der Waals surface area contributed by atoms with Crippen molar-refractivity contribution in [2.24, 2.45) is 5.92 Å². The first-order valence-electron chi connectivity index (χ1n) is 9.63. The van der Waals surface area contributed by atoms with E-state index in [0.717, 1.165) is 29.8 Å². The molecule has 6 heteroatoms. The smallest absolute Gasteiger partial charge is 0.140 e. The number of hydrogen-bond acceptors (Lipinski definition) is 4. The average molecular weight is 350 g/mol. The lowest BCUT2D eigenvalue weighted by atomic mass is 9.90. The Morgan fingerprint density at radius 2 is 2.04 bits per heavy atom. The van der Waals surface area contributed by atoms with Crippen LogP contribution < -0.4 is 5.32 Å². The van der Waals surface area contributed by atoms with E-state index < -0.39 is 0 Å². The molecule has 1 saturated heterocycles. The normalized spacial score (nSPS) is 19.9. The lowest BCUT2D eigenvalue weighted by molar-refractivity contribution is 0.179. The van der Waals surface area contributed by atoms with Crippen molar-refractivity contribution in [3.63, 3.8) is 0 Å². The summed E-state index contributed by atoms with van der Waals surface area (Å²) < 4.78 is 2.52. The minimum atomic E-state index is 0.467. The van der Waals surface area contributed by atoms with E-state index in [9.17, 15) is 0 Å². The fourth-order valence-electron chi connectivity index (χ4n) is 4.59. The molecule has 0 spiro atoms. The van der Waals surface area contributed by atoms with Gasteiger partial charge in [-0.15, -0.1) is 0 Å². The molecule has 5 rings (SSSR count). The minimum Gasteiger partial charge on any atom is -0.323 e. The van der Waals surface area contributed by atoms with E-state index in [1.54, 1.807) is 0 Å². The number of benzene rings is 1. The highest BCUT2D eigenvalue weighted by Crippen LogP contribution is 2.36. The van der Waals surface area contributed by atoms with E-state index >= 15 is 0 Å². The van der Waals surface area contributed by atoms with Gasteiger partial charge in [0.25, 0.3) is 0 Å². The summed E-state index contributed by atoms with van der Waals surface area (Å²) in [5.41, 5.74) is 4.85. The van der Waals surface area contributed by atoms with Crippen molar-refractivity contribution >= 4 is 10.9 Å². The molecular weight excluding hydrogens is 324 g/mol. The maximum absolute atomic E-state index is 5.04. The zero-order valence-electron chi connectivity index (χ0n) is 15.5. The van der Waals surface area contributed by atoms with Crippen LogP contribution in [0.1, 0.15) is 37.2 Å². The number of fused-ring (bicyclic) bond motifs is 2. The topological polar surface area (TPSA) is 61.8 Å². The van der Waals surface area contributed by atoms with Crippen LogP contribution in [0.15, 0.2) is 24.4 Å². The second kappa shape index (κ2) is 6.21. The number of piperidine rings is 1. The molecule has 0 radical (unpaired) electrons. The fraction of sp³-hybridized carbons (Fsp3) is 0.500. The fourth-order valence-corrected chi connectivity index (χ4v) is 4.59. The highest BCUT2D eigenvalue weighted by atomic mass is 15.2. The summed E-state index contributed by atoms with van der Waals surface area (Å²) in [7, 11) is 2.23. The van der Waals surface area contributed by atoms with Gasteiger partial charge in [-0.1, -0.05) is 0 Å². The average Bonchev–Trinajstić information content (AvgIpc) is 3.36. The maximum atomic E-state index is 5.04. The molecule has 1 atom stereocenters. The first-order valence-corrected chi connectivity index (χ1v) is 9.63. The molecule has 6 nitrogen and oxygen atoms in total. The zero-order chi connectivity index (χ0) is 17.7. The summed E-state index contributed by atoms with van der Waals surface area (Å²) in [5, 5.41) is 11.8. The van der Waals surface area contributed by atoms with Gasteiger partial charge in [0, 0.05) is 30.1 Å². The van der Waals surface area contributed by atoms with Gasteiger partial charge in [-0.05, 0) is 64.0 Å². The SMILES string of the molecule is CC(C1CCN(C)CC1)n1c(-c2ccc3[nH]ncc3c2)nc2c1CNC2. The second-order valence-corrected chi connectivity index (χ2v) is 7.86. The third kappa shape index (κ3) is 2.56. The van der Waals surface area contributed by atoms with Gasteiger partial charge in [0.15, 0.2) is 0 Å². The Morgan fingerprint density at radius 3 is 2.88 bits per heavy atom. The molecule has 1 unspecified atom stereocenters. The molecule has 0 saturated carbocycles. The van der Waals surface area contributed by atoms with Gasteiger partial charge in [0.2, 0.25) is 0 Å². The molecule has 4 heterocycles. The van der Waals surface area contributed by atoms with Crippen molar-refractivity contribution in [2.75, 3.05) is 20.1 Å². The summed E-state index contributed by atoms with van der Waals surface area (Å²) in [6, 6.07) is 6.96. The van der Waals surface area contributed by atoms with Crippen LogP contribution in [0, 0.1) is 5.92 Å². The van der Waals surface area contributed by atoms with E-state index in [2.05, 4.69) is 57.2 Å². The third-order valence-corrected chi connectivity index (χ3v) is 6.23. The minimum absolute atomic E-state index is 0.467. The lowest BCUT2D eigenvalue weighted by Gasteiger charge is -2.34. The molecule has 3 aromatic rings. The lowest BCUT2D eigenvalue weighted by Crippen LogP contribution is -2.34.